The molecule has 0 fully saturated rings. The Balaban J connectivity index is 1.24. The van der Waals surface area contributed by atoms with Crippen LogP contribution in [0.1, 0.15) is 72.6 Å². The minimum atomic E-state index is -0.0897. The van der Waals surface area contributed by atoms with Crippen molar-refractivity contribution in [2.24, 2.45) is 9.98 Å². The zero-order valence-corrected chi connectivity index (χ0v) is 35.2. The molecule has 0 bridgehead atoms. The van der Waals surface area contributed by atoms with Crippen LogP contribution < -0.4 is 0 Å². The van der Waals surface area contributed by atoms with Crippen LogP contribution in [0.25, 0.3) is 61.5 Å². The maximum Gasteiger partial charge on any atom is 0.161 e. The van der Waals surface area contributed by atoms with Crippen molar-refractivity contribution in [2.45, 2.75) is 60.3 Å². The van der Waals surface area contributed by atoms with E-state index in [1.54, 1.807) is 6.08 Å². The first kappa shape index (κ1) is 39.8. The molecule has 1 aliphatic carbocycles. The molecule has 1 aromatic heterocycles. The van der Waals surface area contributed by atoms with Gasteiger partial charge >= 0.3 is 0 Å². The van der Waals surface area contributed by atoms with Gasteiger partial charge in [-0.15, -0.1) is 0 Å². The number of aromatic nitrogens is 1. The number of rotatable bonds is 10. The van der Waals surface area contributed by atoms with Gasteiger partial charge < -0.3 is 14.8 Å². The number of fused-ring (bicyclic) bond motifs is 3. The van der Waals surface area contributed by atoms with Crippen molar-refractivity contribution in [1.29, 1.82) is 0 Å². The van der Waals surface area contributed by atoms with Crippen molar-refractivity contribution in [3.63, 3.8) is 0 Å². The molecule has 0 saturated carbocycles. The van der Waals surface area contributed by atoms with Crippen LogP contribution in [-0.4, -0.2) is 26.3 Å². The molecule has 2 N–H and O–H groups in total. The predicted molar refractivity (Wildman–Crippen MR) is 255 cm³/mol. The Morgan fingerprint density at radius 1 is 0.750 bits per heavy atom. The smallest absolute Gasteiger partial charge is 0.161 e. The third-order valence-corrected chi connectivity index (χ3v) is 11.9. The molecule has 7 aromatic rings. The minimum absolute atomic E-state index is 0.0687. The van der Waals surface area contributed by atoms with E-state index in [-0.39, 0.29) is 11.5 Å². The van der Waals surface area contributed by atoms with Gasteiger partial charge in [-0.25, -0.2) is 9.98 Å². The lowest BCUT2D eigenvalue weighted by atomic mass is 9.86. The summed E-state index contributed by atoms with van der Waals surface area (Å²) in [6.45, 7) is 18.7. The molecule has 8 rings (SSSR count). The van der Waals surface area contributed by atoms with E-state index in [0.29, 0.717) is 29.1 Å². The number of nitrogens with zero attached hydrogens (tertiary/aromatic N) is 3. The third-order valence-electron chi connectivity index (χ3n) is 11.9. The van der Waals surface area contributed by atoms with Gasteiger partial charge in [-0.1, -0.05) is 130 Å². The zero-order valence-electron chi connectivity index (χ0n) is 35.2. The summed E-state index contributed by atoms with van der Waals surface area (Å²) < 4.78 is 2.34. The molecule has 0 amide bonds. The fourth-order valence-corrected chi connectivity index (χ4v) is 8.76. The Morgan fingerprint density at radius 2 is 1.52 bits per heavy atom. The van der Waals surface area contributed by atoms with Gasteiger partial charge in [-0.2, -0.15) is 0 Å². The Kier molecular flexibility index (Phi) is 11.1. The number of phenolic OH excluding ortho intramolecular Hbond substituents is 2. The van der Waals surface area contributed by atoms with Gasteiger partial charge in [-0.3, -0.25) is 0 Å². The summed E-state index contributed by atoms with van der Waals surface area (Å²) in [4.78, 5) is 10.1. The lowest BCUT2D eigenvalue weighted by Crippen LogP contribution is -2.06. The van der Waals surface area contributed by atoms with Crippen LogP contribution in [0.3, 0.4) is 0 Å². The highest BCUT2D eigenvalue weighted by Gasteiger charge is 2.24. The number of aromatic hydroxyl groups is 2. The molecule has 0 spiro atoms. The van der Waals surface area contributed by atoms with E-state index in [0.717, 1.165) is 91.4 Å². The van der Waals surface area contributed by atoms with Gasteiger partial charge in [0.2, 0.25) is 0 Å². The molecule has 0 aliphatic heterocycles. The second-order valence-corrected chi connectivity index (χ2v) is 15.5. The highest BCUT2D eigenvalue weighted by molar-refractivity contribution is 6.17. The summed E-state index contributed by atoms with van der Waals surface area (Å²) in [5, 5.41) is 24.3. The van der Waals surface area contributed by atoms with Crippen molar-refractivity contribution >= 4 is 45.1 Å². The van der Waals surface area contributed by atoms with Gasteiger partial charge in [0, 0.05) is 38.9 Å². The molecule has 1 aliphatic rings. The van der Waals surface area contributed by atoms with Crippen molar-refractivity contribution < 1.29 is 10.2 Å². The zero-order chi connectivity index (χ0) is 42.1. The number of aryl methyl sites for hydroxylation is 2. The first-order valence-electron chi connectivity index (χ1n) is 20.9. The number of phenols is 2. The standard InChI is InChI=1S/C55H51N3O2/c1-8-38-28-29-41(37(7)57-55(40-22-15-12-16-23-40)56-36(6)39-20-13-11-14-21-39)33-48(38)45-31-30-42(32-34(45)4)58-49-26-18-17-24-46(49)52-47(25-19-27-50(52)58)51-43(9-2)35(5)53(59)54(60)44(51)10-3/h9,11,13-15,17-33,59-60H,2,6,8,10,12,16H2,1,3-5,7H3/b56-55-,57-37+. The van der Waals surface area contributed by atoms with Crippen LogP contribution in [0.4, 0.5) is 0 Å². The quantitative estimate of drug-likeness (QED) is 0.0823. The van der Waals surface area contributed by atoms with Crippen molar-refractivity contribution in [3.8, 4) is 39.4 Å². The molecule has 5 nitrogen and oxygen atoms in total. The summed E-state index contributed by atoms with van der Waals surface area (Å²) in [5.41, 5.74) is 16.6. The summed E-state index contributed by atoms with van der Waals surface area (Å²) in [6, 6.07) is 38.4. The monoisotopic (exact) mass is 785 g/mol. The molecule has 298 valence electrons. The van der Waals surface area contributed by atoms with Gasteiger partial charge in [0.05, 0.1) is 16.7 Å². The topological polar surface area (TPSA) is 70.1 Å². The molecule has 0 unspecified atom stereocenters. The SMILES string of the molecule is C=Cc1c(C)c(O)c(O)c(CC)c1-c1cccc2c1c1ccccc1n2-c1ccc(-c2cc(/C(C)=N/C(=N\C(=C)c3ccccc3)C3=CCCC=C3)ccc2CC)c(C)c1. The lowest BCUT2D eigenvalue weighted by Gasteiger charge is -2.19. The van der Waals surface area contributed by atoms with Gasteiger partial charge in [-0.05, 0) is 127 Å². The number of para-hydroxylation sites is 1. The maximum atomic E-state index is 11.2. The van der Waals surface area contributed by atoms with Gasteiger partial charge in [0.25, 0.3) is 0 Å². The molecular weight excluding hydrogens is 735 g/mol. The van der Waals surface area contributed by atoms with Crippen LogP contribution in [0.2, 0.25) is 0 Å². The third kappa shape index (κ3) is 7.11. The predicted octanol–water partition coefficient (Wildman–Crippen LogP) is 14.1. The Bertz CT molecular complexity index is 2970. The second-order valence-electron chi connectivity index (χ2n) is 15.5. The average Bonchev–Trinajstić information content (AvgIpc) is 3.63. The molecule has 0 radical (unpaired) electrons. The second kappa shape index (κ2) is 16.7. The van der Waals surface area contributed by atoms with Crippen LogP contribution >= 0.6 is 0 Å². The Labute approximate surface area is 353 Å². The van der Waals surface area contributed by atoms with Crippen LogP contribution in [0.15, 0.2) is 156 Å². The molecule has 0 saturated heterocycles. The van der Waals surface area contributed by atoms with Crippen LogP contribution in [0, 0.1) is 13.8 Å². The summed E-state index contributed by atoms with van der Waals surface area (Å²) in [7, 11) is 0. The lowest BCUT2D eigenvalue weighted by molar-refractivity contribution is 0.397. The molecule has 5 heteroatoms. The molecule has 1 heterocycles. The summed E-state index contributed by atoms with van der Waals surface area (Å²) in [5.74, 6) is 0.506. The highest BCUT2D eigenvalue weighted by Crippen LogP contribution is 2.47. The fraction of sp³-hybridized carbons (Fsp3) is 0.164. The van der Waals surface area contributed by atoms with Crippen LogP contribution in [-0.2, 0) is 12.8 Å². The van der Waals surface area contributed by atoms with Crippen molar-refractivity contribution in [3.05, 3.63) is 185 Å². The number of allylic oxidation sites excluding steroid dienone is 2. The molecule has 0 atom stereocenters. The molecule has 6 aromatic carbocycles. The number of amidine groups is 1. The number of hydrogen-bond donors (Lipinski definition) is 2. The average molecular weight is 786 g/mol. The first-order chi connectivity index (χ1) is 29.1. The molecule has 60 heavy (non-hydrogen) atoms. The van der Waals surface area contributed by atoms with Gasteiger partial charge in [0.15, 0.2) is 17.3 Å². The highest BCUT2D eigenvalue weighted by atomic mass is 16.3. The van der Waals surface area contributed by atoms with E-state index in [4.69, 9.17) is 9.98 Å². The Hall–Kier alpha value is -6.98. The Morgan fingerprint density at radius 3 is 2.23 bits per heavy atom. The van der Waals surface area contributed by atoms with E-state index in [2.05, 4.69) is 136 Å². The molecular formula is C55H51N3O2. The van der Waals surface area contributed by atoms with E-state index in [1.165, 1.54) is 16.7 Å². The summed E-state index contributed by atoms with van der Waals surface area (Å²) >= 11 is 0. The van der Waals surface area contributed by atoms with E-state index < -0.39 is 0 Å². The fourth-order valence-electron chi connectivity index (χ4n) is 8.76. The van der Waals surface area contributed by atoms with E-state index >= 15 is 0 Å². The van der Waals surface area contributed by atoms with E-state index in [9.17, 15) is 10.2 Å². The number of aliphatic imine (C=N–C) groups is 2. The van der Waals surface area contributed by atoms with Crippen LogP contribution in [0.5, 0.6) is 11.5 Å². The number of benzene rings is 6. The maximum absolute atomic E-state index is 11.2. The largest absolute Gasteiger partial charge is 0.504 e. The van der Waals surface area contributed by atoms with Gasteiger partial charge in [0.1, 0.15) is 0 Å². The number of hydrogen-bond acceptors (Lipinski definition) is 3. The van der Waals surface area contributed by atoms with Crippen molar-refractivity contribution in [1.82, 2.24) is 4.57 Å². The van der Waals surface area contributed by atoms with Crippen molar-refractivity contribution in [2.75, 3.05) is 0 Å². The summed E-state index contributed by atoms with van der Waals surface area (Å²) in [6.07, 6.45) is 11.7. The minimum Gasteiger partial charge on any atom is -0.504 e. The van der Waals surface area contributed by atoms with E-state index in [1.807, 2.05) is 44.2 Å². The first-order valence-corrected chi connectivity index (χ1v) is 20.9. The normalized spacial score (nSPS) is 13.2.